The predicted octanol–water partition coefficient (Wildman–Crippen LogP) is 4.75. The Kier molecular flexibility index (Phi) is 6.06. The molecule has 0 fully saturated rings. The third-order valence-corrected chi connectivity index (χ3v) is 5.49. The number of rotatable bonds is 7. The van der Waals surface area contributed by atoms with Crippen LogP contribution >= 0.6 is 11.3 Å². The van der Waals surface area contributed by atoms with Crippen molar-refractivity contribution in [3.8, 4) is 0 Å². The lowest BCUT2D eigenvalue weighted by atomic mass is 10.1. The Bertz CT molecular complexity index is 1020. The number of nitrogens with zero attached hydrogens (tertiary/aromatic N) is 4. The number of hydrogen-bond donors (Lipinski definition) is 0. The minimum atomic E-state index is -0.267. The fourth-order valence-corrected chi connectivity index (χ4v) is 4.19. The summed E-state index contributed by atoms with van der Waals surface area (Å²) in [4.78, 5) is 17.9. The van der Waals surface area contributed by atoms with Crippen LogP contribution in [-0.2, 0) is 13.0 Å². The number of benzene rings is 1. The van der Waals surface area contributed by atoms with Crippen LogP contribution in [0.25, 0.3) is 10.2 Å². The Morgan fingerprint density at radius 2 is 2.19 bits per heavy atom. The molecule has 0 atom stereocenters. The van der Waals surface area contributed by atoms with Crippen molar-refractivity contribution in [3.63, 3.8) is 0 Å². The van der Waals surface area contributed by atoms with E-state index in [1.54, 1.807) is 28.3 Å². The number of carbonyl (C=O) groups is 1. The van der Waals surface area contributed by atoms with Gasteiger partial charge in [-0.3, -0.25) is 9.48 Å². The van der Waals surface area contributed by atoms with Gasteiger partial charge in [-0.15, -0.1) is 6.58 Å². The molecule has 1 amide bonds. The SMILES string of the molecule is C=CCn1c(=NC(=O)c2ccnn2C(C)C)sc2cc(CCCC)ccc21. The minimum Gasteiger partial charge on any atom is -0.312 e. The van der Waals surface area contributed by atoms with Crippen molar-refractivity contribution in [3.05, 3.63) is 59.2 Å². The maximum Gasteiger partial charge on any atom is 0.297 e. The molecule has 0 aliphatic carbocycles. The van der Waals surface area contributed by atoms with Crippen LogP contribution in [0.3, 0.4) is 0 Å². The molecule has 3 rings (SSSR count). The van der Waals surface area contributed by atoms with Gasteiger partial charge in [0.05, 0.1) is 10.2 Å². The minimum absolute atomic E-state index is 0.109. The van der Waals surface area contributed by atoms with Gasteiger partial charge in [0.25, 0.3) is 5.91 Å². The number of allylic oxidation sites excluding steroid dienone is 1. The molecule has 0 saturated heterocycles. The molecule has 3 aromatic rings. The smallest absolute Gasteiger partial charge is 0.297 e. The Hall–Kier alpha value is -2.47. The van der Waals surface area contributed by atoms with Crippen LogP contribution in [0, 0.1) is 0 Å². The predicted molar refractivity (Wildman–Crippen MR) is 111 cm³/mol. The highest BCUT2D eigenvalue weighted by Crippen LogP contribution is 2.21. The Morgan fingerprint density at radius 3 is 2.89 bits per heavy atom. The average molecular weight is 383 g/mol. The summed E-state index contributed by atoms with van der Waals surface area (Å²) < 4.78 is 4.90. The average Bonchev–Trinajstić information content (AvgIpc) is 3.26. The van der Waals surface area contributed by atoms with Crippen molar-refractivity contribution >= 4 is 27.5 Å². The first kappa shape index (κ1) is 19.3. The van der Waals surface area contributed by atoms with Gasteiger partial charge in [-0.05, 0) is 50.5 Å². The van der Waals surface area contributed by atoms with Crippen LogP contribution < -0.4 is 4.80 Å². The first-order valence-electron chi connectivity index (χ1n) is 9.40. The molecule has 0 bridgehead atoms. The van der Waals surface area contributed by atoms with E-state index in [1.807, 2.05) is 24.5 Å². The second-order valence-corrected chi connectivity index (χ2v) is 7.87. The maximum absolute atomic E-state index is 12.8. The second kappa shape index (κ2) is 8.48. The zero-order chi connectivity index (χ0) is 19.4. The third-order valence-electron chi connectivity index (χ3n) is 4.45. The fraction of sp³-hybridized carbons (Fsp3) is 0.381. The molecule has 0 unspecified atom stereocenters. The normalized spacial score (nSPS) is 12.2. The molecule has 0 aliphatic rings. The Balaban J connectivity index is 2.07. The summed E-state index contributed by atoms with van der Waals surface area (Å²) in [6, 6.07) is 8.35. The van der Waals surface area contributed by atoms with Gasteiger partial charge in [0.2, 0.25) is 0 Å². The molecule has 2 aromatic heterocycles. The molecule has 1 aromatic carbocycles. The second-order valence-electron chi connectivity index (χ2n) is 6.86. The molecule has 0 radical (unpaired) electrons. The van der Waals surface area contributed by atoms with Gasteiger partial charge in [0.1, 0.15) is 5.69 Å². The Labute approximate surface area is 163 Å². The van der Waals surface area contributed by atoms with Crippen molar-refractivity contribution in [2.24, 2.45) is 4.99 Å². The van der Waals surface area contributed by atoms with E-state index in [4.69, 9.17) is 0 Å². The number of aryl methyl sites for hydroxylation is 1. The lowest BCUT2D eigenvalue weighted by Crippen LogP contribution is -2.18. The zero-order valence-corrected chi connectivity index (χ0v) is 17.0. The molecule has 0 saturated carbocycles. The quantitative estimate of drug-likeness (QED) is 0.554. The number of carbonyl (C=O) groups excluding carboxylic acids is 1. The van der Waals surface area contributed by atoms with Crippen LogP contribution in [0.1, 0.15) is 55.7 Å². The fourth-order valence-electron chi connectivity index (χ4n) is 3.08. The largest absolute Gasteiger partial charge is 0.312 e. The highest BCUT2D eigenvalue weighted by atomic mass is 32.1. The third kappa shape index (κ3) is 4.11. The summed E-state index contributed by atoms with van der Waals surface area (Å²) in [5.41, 5.74) is 2.92. The molecule has 2 heterocycles. The lowest BCUT2D eigenvalue weighted by molar-refractivity contribution is 0.0986. The van der Waals surface area contributed by atoms with E-state index in [9.17, 15) is 4.79 Å². The van der Waals surface area contributed by atoms with Crippen molar-refractivity contribution in [2.75, 3.05) is 0 Å². The first-order valence-corrected chi connectivity index (χ1v) is 10.2. The molecule has 0 N–H and O–H groups in total. The number of aromatic nitrogens is 3. The van der Waals surface area contributed by atoms with E-state index < -0.39 is 0 Å². The van der Waals surface area contributed by atoms with Crippen LogP contribution in [0.5, 0.6) is 0 Å². The van der Waals surface area contributed by atoms with Gasteiger partial charge in [0, 0.05) is 18.8 Å². The number of hydrogen-bond acceptors (Lipinski definition) is 3. The zero-order valence-electron chi connectivity index (χ0n) is 16.2. The summed E-state index contributed by atoms with van der Waals surface area (Å²) in [6.07, 6.45) is 6.91. The molecule has 142 valence electrons. The summed E-state index contributed by atoms with van der Waals surface area (Å²) in [5, 5.41) is 4.24. The summed E-state index contributed by atoms with van der Waals surface area (Å²) in [5.74, 6) is -0.267. The van der Waals surface area contributed by atoms with Gasteiger partial charge < -0.3 is 4.57 Å². The summed E-state index contributed by atoms with van der Waals surface area (Å²) >= 11 is 1.55. The van der Waals surface area contributed by atoms with E-state index in [2.05, 4.69) is 41.8 Å². The molecular formula is C21H26N4OS. The van der Waals surface area contributed by atoms with Gasteiger partial charge in [-0.2, -0.15) is 10.1 Å². The molecule has 5 nitrogen and oxygen atoms in total. The number of thiazole rings is 1. The molecule has 0 spiro atoms. The van der Waals surface area contributed by atoms with Crippen LogP contribution in [0.15, 0.2) is 48.1 Å². The van der Waals surface area contributed by atoms with Gasteiger partial charge in [0.15, 0.2) is 4.80 Å². The highest BCUT2D eigenvalue weighted by Gasteiger charge is 2.14. The summed E-state index contributed by atoms with van der Waals surface area (Å²) in [7, 11) is 0. The van der Waals surface area contributed by atoms with Crippen molar-refractivity contribution < 1.29 is 4.79 Å². The number of unbranched alkanes of at least 4 members (excludes halogenated alkanes) is 1. The van der Waals surface area contributed by atoms with E-state index in [1.165, 1.54) is 18.4 Å². The van der Waals surface area contributed by atoms with Gasteiger partial charge >= 0.3 is 0 Å². The van der Waals surface area contributed by atoms with E-state index >= 15 is 0 Å². The van der Waals surface area contributed by atoms with Crippen molar-refractivity contribution in [2.45, 2.75) is 52.6 Å². The van der Waals surface area contributed by atoms with Gasteiger partial charge in [-0.1, -0.05) is 36.8 Å². The van der Waals surface area contributed by atoms with Crippen molar-refractivity contribution in [1.82, 2.24) is 14.3 Å². The standard InChI is InChI=1S/C21H26N4OS/c1-5-7-8-16-9-10-17-19(14-16)27-21(24(17)13-6-2)23-20(26)18-11-12-22-25(18)15(3)4/h6,9-12,14-15H,2,5,7-8,13H2,1,3-4H3. The van der Waals surface area contributed by atoms with Gasteiger partial charge in [-0.25, -0.2) is 0 Å². The molecule has 0 aliphatic heterocycles. The Morgan fingerprint density at radius 1 is 1.37 bits per heavy atom. The lowest BCUT2D eigenvalue weighted by Gasteiger charge is -2.07. The van der Waals surface area contributed by atoms with E-state index in [0.717, 1.165) is 16.6 Å². The highest BCUT2D eigenvalue weighted by molar-refractivity contribution is 7.16. The molecule has 6 heteroatoms. The number of amides is 1. The van der Waals surface area contributed by atoms with E-state index in [0.29, 0.717) is 17.0 Å². The van der Waals surface area contributed by atoms with Crippen molar-refractivity contribution in [1.29, 1.82) is 0 Å². The number of fused-ring (bicyclic) bond motifs is 1. The topological polar surface area (TPSA) is 52.2 Å². The van der Waals surface area contributed by atoms with Crippen LogP contribution in [0.4, 0.5) is 0 Å². The van der Waals surface area contributed by atoms with Crippen LogP contribution in [0.2, 0.25) is 0 Å². The first-order chi connectivity index (χ1) is 13.0. The molecule has 27 heavy (non-hydrogen) atoms. The molecular weight excluding hydrogens is 356 g/mol. The maximum atomic E-state index is 12.8. The monoisotopic (exact) mass is 382 g/mol. The van der Waals surface area contributed by atoms with Crippen LogP contribution in [-0.4, -0.2) is 20.3 Å². The van der Waals surface area contributed by atoms with E-state index in [-0.39, 0.29) is 11.9 Å². The summed E-state index contributed by atoms with van der Waals surface area (Å²) in [6.45, 7) is 10.7.